The number of carbonyl (C=O) groups excluding carboxylic acids is 2. The molecule has 1 saturated carbocycles. The predicted octanol–water partition coefficient (Wildman–Crippen LogP) is 1.82. The highest BCUT2D eigenvalue weighted by molar-refractivity contribution is 7.99. The van der Waals surface area contributed by atoms with Gasteiger partial charge in [-0.05, 0) is 49.3 Å². The monoisotopic (exact) mass is 367 g/mol. The van der Waals surface area contributed by atoms with Gasteiger partial charge < -0.3 is 5.32 Å². The average Bonchev–Trinajstić information content (AvgIpc) is 2.58. The summed E-state index contributed by atoms with van der Waals surface area (Å²) in [6, 6.07) is 8.14. The molecule has 0 radical (unpaired) electrons. The van der Waals surface area contributed by atoms with E-state index in [1.54, 1.807) is 30.3 Å². The quantitative estimate of drug-likeness (QED) is 0.803. The van der Waals surface area contributed by atoms with Gasteiger partial charge in [0.05, 0.1) is 10.1 Å². The largest absolute Gasteiger partial charge is 0.347 e. The van der Waals surface area contributed by atoms with E-state index in [0.29, 0.717) is 17.7 Å². The molecule has 1 aliphatic carbocycles. The van der Waals surface area contributed by atoms with Crippen LogP contribution in [0.25, 0.3) is 0 Å². The minimum absolute atomic E-state index is 0.171. The van der Waals surface area contributed by atoms with E-state index in [-0.39, 0.29) is 17.7 Å². The molecule has 5 nitrogen and oxygen atoms in total. The Kier molecular flexibility index (Phi) is 5.30. The number of benzene rings is 1. The highest BCUT2D eigenvalue weighted by Gasteiger charge is 2.41. The summed E-state index contributed by atoms with van der Waals surface area (Å²) in [6.07, 6.45) is 2.26. The number of ketones is 1. The number of hydrogen-bond acceptors (Lipinski definition) is 5. The lowest BCUT2D eigenvalue weighted by molar-refractivity contribution is -0.141. The summed E-state index contributed by atoms with van der Waals surface area (Å²) in [5, 5.41) is 2.23. The highest BCUT2D eigenvalue weighted by Crippen LogP contribution is 2.32. The van der Waals surface area contributed by atoms with E-state index in [0.717, 1.165) is 24.3 Å². The van der Waals surface area contributed by atoms with E-state index < -0.39 is 21.0 Å². The van der Waals surface area contributed by atoms with Gasteiger partial charge in [-0.2, -0.15) is 11.8 Å². The number of Topliss-reactive ketones (excluding diaryl/α,β-unsaturated/α-hetero) is 1. The number of nitrogens with one attached hydrogen (secondary N) is 1. The van der Waals surface area contributed by atoms with Crippen LogP contribution in [0, 0.1) is 5.92 Å². The molecule has 7 heteroatoms. The van der Waals surface area contributed by atoms with E-state index in [9.17, 15) is 18.0 Å². The average molecular weight is 367 g/mol. The Morgan fingerprint density at radius 3 is 2.29 bits per heavy atom. The van der Waals surface area contributed by atoms with Gasteiger partial charge in [-0.25, -0.2) is 8.42 Å². The maximum absolute atomic E-state index is 12.4. The summed E-state index contributed by atoms with van der Waals surface area (Å²) in [4.78, 5) is 24.5. The molecule has 3 rings (SSSR count). The van der Waals surface area contributed by atoms with E-state index in [1.165, 1.54) is 0 Å². The fourth-order valence-corrected chi connectivity index (χ4v) is 6.14. The van der Waals surface area contributed by atoms with Crippen molar-refractivity contribution in [1.29, 1.82) is 0 Å². The lowest BCUT2D eigenvalue weighted by Gasteiger charge is -2.35. The minimum Gasteiger partial charge on any atom is -0.347 e. The second-order valence-electron chi connectivity index (χ2n) is 6.37. The SMILES string of the molecule is O=C(NC1CC(S(=O)(=O)c2ccccc2)C1)C(=O)C1CCSCC1. The molecule has 0 atom stereocenters. The zero-order valence-corrected chi connectivity index (χ0v) is 14.9. The Hall–Kier alpha value is -1.34. The Morgan fingerprint density at radius 2 is 1.67 bits per heavy atom. The number of amides is 1. The molecule has 1 heterocycles. The number of hydrogen-bond donors (Lipinski definition) is 1. The first-order chi connectivity index (χ1) is 11.5. The molecular formula is C17H21NO4S2. The molecular weight excluding hydrogens is 346 g/mol. The minimum atomic E-state index is -3.35. The molecule has 1 aromatic carbocycles. The van der Waals surface area contributed by atoms with Gasteiger partial charge >= 0.3 is 0 Å². The summed E-state index contributed by atoms with van der Waals surface area (Å²) >= 11 is 1.81. The Bertz CT molecular complexity index is 705. The molecule has 130 valence electrons. The zero-order chi connectivity index (χ0) is 17.2. The first-order valence-corrected chi connectivity index (χ1v) is 10.9. The van der Waals surface area contributed by atoms with Crippen LogP contribution in [-0.4, -0.2) is 42.9 Å². The highest BCUT2D eigenvalue weighted by atomic mass is 32.2. The van der Waals surface area contributed by atoms with Crippen LogP contribution < -0.4 is 5.32 Å². The van der Waals surface area contributed by atoms with Crippen LogP contribution in [0.4, 0.5) is 0 Å². The van der Waals surface area contributed by atoms with Gasteiger partial charge in [-0.1, -0.05) is 18.2 Å². The number of sulfone groups is 1. The predicted molar refractivity (Wildman–Crippen MR) is 93.6 cm³/mol. The van der Waals surface area contributed by atoms with Crippen molar-refractivity contribution in [1.82, 2.24) is 5.32 Å². The molecule has 1 N–H and O–H groups in total. The summed E-state index contributed by atoms with van der Waals surface area (Å²) in [6.45, 7) is 0. The molecule has 0 aromatic heterocycles. The molecule has 0 bridgehead atoms. The molecule has 1 saturated heterocycles. The van der Waals surface area contributed by atoms with Crippen molar-refractivity contribution in [2.75, 3.05) is 11.5 Å². The number of thioether (sulfide) groups is 1. The van der Waals surface area contributed by atoms with Gasteiger partial charge in [-0.3, -0.25) is 9.59 Å². The van der Waals surface area contributed by atoms with Gasteiger partial charge in [0.25, 0.3) is 5.91 Å². The molecule has 1 amide bonds. The van der Waals surface area contributed by atoms with Crippen molar-refractivity contribution >= 4 is 33.3 Å². The van der Waals surface area contributed by atoms with E-state index >= 15 is 0 Å². The van der Waals surface area contributed by atoms with Gasteiger partial charge in [0.2, 0.25) is 5.78 Å². The van der Waals surface area contributed by atoms with Gasteiger partial charge in [0.1, 0.15) is 0 Å². The maximum atomic E-state index is 12.4. The Balaban J connectivity index is 1.52. The molecule has 24 heavy (non-hydrogen) atoms. The standard InChI is InChI=1S/C17H21NO4S2/c19-16(12-6-8-23-9-7-12)17(20)18-13-10-15(11-13)24(21,22)14-4-2-1-3-5-14/h1-5,12-13,15H,6-11H2,(H,18,20). The first-order valence-electron chi connectivity index (χ1n) is 8.20. The smallest absolute Gasteiger partial charge is 0.287 e. The van der Waals surface area contributed by atoms with E-state index in [2.05, 4.69) is 5.32 Å². The fourth-order valence-electron chi connectivity index (χ4n) is 3.14. The topological polar surface area (TPSA) is 80.3 Å². The van der Waals surface area contributed by atoms with Gasteiger partial charge in [-0.15, -0.1) is 0 Å². The number of rotatable bonds is 5. The van der Waals surface area contributed by atoms with Crippen molar-refractivity contribution in [3.63, 3.8) is 0 Å². The van der Waals surface area contributed by atoms with Crippen molar-refractivity contribution < 1.29 is 18.0 Å². The summed E-state index contributed by atoms with van der Waals surface area (Å²) in [5.41, 5.74) is 0. The Morgan fingerprint density at radius 1 is 1.04 bits per heavy atom. The van der Waals surface area contributed by atoms with Crippen molar-refractivity contribution in [2.45, 2.75) is 41.9 Å². The van der Waals surface area contributed by atoms with E-state index in [4.69, 9.17) is 0 Å². The summed E-state index contributed by atoms with van der Waals surface area (Å²) < 4.78 is 24.9. The second kappa shape index (κ2) is 7.27. The Labute approximate surface area is 146 Å². The molecule has 1 aromatic rings. The molecule has 0 spiro atoms. The van der Waals surface area contributed by atoms with Gasteiger partial charge in [0.15, 0.2) is 9.84 Å². The van der Waals surface area contributed by atoms with Crippen molar-refractivity contribution in [3.05, 3.63) is 30.3 Å². The molecule has 0 unspecified atom stereocenters. The number of carbonyl (C=O) groups is 2. The van der Waals surface area contributed by atoms with Crippen LogP contribution >= 0.6 is 11.8 Å². The molecule has 1 aliphatic heterocycles. The normalized spacial score (nSPS) is 24.8. The summed E-state index contributed by atoms with van der Waals surface area (Å²) in [7, 11) is -3.35. The molecule has 2 aliphatic rings. The summed E-state index contributed by atoms with van der Waals surface area (Å²) in [5.74, 6) is 0.780. The van der Waals surface area contributed by atoms with E-state index in [1.807, 2.05) is 11.8 Å². The van der Waals surface area contributed by atoms with Crippen LogP contribution in [0.3, 0.4) is 0 Å². The lowest BCUT2D eigenvalue weighted by atomic mass is 9.91. The maximum Gasteiger partial charge on any atom is 0.287 e. The zero-order valence-electron chi connectivity index (χ0n) is 13.3. The van der Waals surface area contributed by atoms with Crippen LogP contribution in [-0.2, 0) is 19.4 Å². The molecule has 2 fully saturated rings. The third-order valence-corrected chi connectivity index (χ3v) is 8.00. The van der Waals surface area contributed by atoms with Crippen LogP contribution in [0.2, 0.25) is 0 Å². The van der Waals surface area contributed by atoms with Crippen LogP contribution in [0.5, 0.6) is 0 Å². The lowest BCUT2D eigenvalue weighted by Crippen LogP contribution is -2.52. The van der Waals surface area contributed by atoms with Crippen LogP contribution in [0.15, 0.2) is 35.2 Å². The first kappa shape index (κ1) is 17.5. The van der Waals surface area contributed by atoms with Crippen molar-refractivity contribution in [3.8, 4) is 0 Å². The third-order valence-electron chi connectivity index (χ3n) is 4.76. The van der Waals surface area contributed by atoms with Crippen LogP contribution in [0.1, 0.15) is 25.7 Å². The van der Waals surface area contributed by atoms with Crippen molar-refractivity contribution in [2.24, 2.45) is 5.92 Å². The second-order valence-corrected chi connectivity index (χ2v) is 9.83. The third kappa shape index (κ3) is 3.67. The van der Waals surface area contributed by atoms with Gasteiger partial charge in [0, 0.05) is 12.0 Å². The fraction of sp³-hybridized carbons (Fsp3) is 0.529.